The van der Waals surface area contributed by atoms with Crippen molar-refractivity contribution in [1.29, 1.82) is 0 Å². The Kier molecular flexibility index (Phi) is 13.1. The molecule has 0 unspecified atom stereocenters. The molecule has 13 heteroatoms. The summed E-state index contributed by atoms with van der Waals surface area (Å²) in [6.07, 6.45) is 3.38. The number of amides is 3. The van der Waals surface area contributed by atoms with Crippen LogP contribution in [0.4, 0.5) is 4.79 Å². The monoisotopic (exact) mass is 682 g/mol. The minimum absolute atomic E-state index is 0.0660. The number of esters is 1. The van der Waals surface area contributed by atoms with Gasteiger partial charge in [-0.2, -0.15) is 12.6 Å². The largest absolute Gasteiger partial charge is 0.508 e. The van der Waals surface area contributed by atoms with Gasteiger partial charge in [0.25, 0.3) is 0 Å². The number of pyridine rings is 1. The lowest BCUT2D eigenvalue weighted by atomic mass is 9.97. The predicted octanol–water partition coefficient (Wildman–Crippen LogP) is 3.57. The number of rotatable bonds is 14. The maximum Gasteiger partial charge on any atom is 0.318 e. The summed E-state index contributed by atoms with van der Waals surface area (Å²) in [5.74, 6) is -1.35. The van der Waals surface area contributed by atoms with Crippen molar-refractivity contribution in [2.24, 2.45) is 5.92 Å². The van der Waals surface area contributed by atoms with Gasteiger partial charge in [-0.15, -0.1) is 0 Å². The number of sulfone groups is 1. The zero-order chi connectivity index (χ0) is 33.8. The van der Waals surface area contributed by atoms with Gasteiger partial charge in [0, 0.05) is 37.0 Å². The van der Waals surface area contributed by atoms with E-state index < -0.39 is 39.1 Å². The number of likely N-dealkylation sites (tertiary alicyclic amines) is 1. The summed E-state index contributed by atoms with van der Waals surface area (Å²) in [6.45, 7) is 2.70. The number of hydrogen-bond acceptors (Lipinski definition) is 9. The quantitative estimate of drug-likeness (QED) is 0.149. The number of aryl methyl sites for hydroxylation is 1. The van der Waals surface area contributed by atoms with E-state index in [0.29, 0.717) is 50.9 Å². The molecule has 252 valence electrons. The van der Waals surface area contributed by atoms with E-state index in [4.69, 9.17) is 4.74 Å². The first-order chi connectivity index (χ1) is 22.6. The summed E-state index contributed by atoms with van der Waals surface area (Å²) in [4.78, 5) is 45.1. The van der Waals surface area contributed by atoms with Gasteiger partial charge in [0.15, 0.2) is 14.9 Å². The molecule has 3 atom stereocenters. The zero-order valence-corrected chi connectivity index (χ0v) is 28.0. The minimum atomic E-state index is -3.82. The lowest BCUT2D eigenvalue weighted by Gasteiger charge is -2.33. The first-order valence-corrected chi connectivity index (χ1v) is 17.9. The zero-order valence-electron chi connectivity index (χ0n) is 26.3. The maximum atomic E-state index is 14.0. The number of urea groups is 1. The van der Waals surface area contributed by atoms with Crippen molar-refractivity contribution in [2.45, 2.75) is 61.4 Å². The normalized spacial score (nSPS) is 15.7. The molecular formula is C34H42N4O7S2. The van der Waals surface area contributed by atoms with Crippen molar-refractivity contribution < 1.29 is 32.6 Å². The minimum Gasteiger partial charge on any atom is -0.508 e. The van der Waals surface area contributed by atoms with Crippen molar-refractivity contribution in [2.75, 3.05) is 25.4 Å². The van der Waals surface area contributed by atoms with Crippen LogP contribution in [0.2, 0.25) is 0 Å². The highest BCUT2D eigenvalue weighted by molar-refractivity contribution is 7.92. The summed E-state index contributed by atoms with van der Waals surface area (Å²) in [6, 6.07) is 18.5. The Labute approximate surface area is 281 Å². The Hall–Kier alpha value is -4.10. The van der Waals surface area contributed by atoms with Gasteiger partial charge in [0.1, 0.15) is 11.8 Å². The topological polar surface area (TPSA) is 155 Å². The van der Waals surface area contributed by atoms with Crippen molar-refractivity contribution >= 4 is 40.4 Å². The number of thiol groups is 1. The molecule has 0 aliphatic carbocycles. The van der Waals surface area contributed by atoms with Gasteiger partial charge in [-0.3, -0.25) is 9.59 Å². The first kappa shape index (κ1) is 35.7. The number of nitrogens with one attached hydrogen (secondary N) is 2. The van der Waals surface area contributed by atoms with Gasteiger partial charge < -0.3 is 25.4 Å². The van der Waals surface area contributed by atoms with Crippen LogP contribution < -0.4 is 10.6 Å². The van der Waals surface area contributed by atoms with Crippen LogP contribution in [0.5, 0.6) is 5.75 Å². The number of aromatic nitrogens is 1. The Morgan fingerprint density at radius 3 is 2.30 bits per heavy atom. The van der Waals surface area contributed by atoms with E-state index >= 15 is 0 Å². The Balaban J connectivity index is 1.51. The van der Waals surface area contributed by atoms with Crippen LogP contribution in [-0.4, -0.2) is 84.1 Å². The molecule has 1 saturated heterocycles. The van der Waals surface area contributed by atoms with E-state index in [1.165, 1.54) is 24.4 Å². The van der Waals surface area contributed by atoms with Gasteiger partial charge in [0.2, 0.25) is 5.91 Å². The lowest BCUT2D eigenvalue weighted by molar-refractivity contribution is -0.149. The average Bonchev–Trinajstić information content (AvgIpc) is 3.08. The van der Waals surface area contributed by atoms with Crippen molar-refractivity contribution in [3.8, 4) is 5.75 Å². The summed E-state index contributed by atoms with van der Waals surface area (Å²) in [7, 11) is -3.82. The van der Waals surface area contributed by atoms with E-state index in [9.17, 15) is 27.9 Å². The summed E-state index contributed by atoms with van der Waals surface area (Å²) >= 11 is 4.68. The standard InChI is InChI=1S/C34H42N4O7S2/c1-2-45-33(41)26-17-20-38(21-18-26)34(42)37-29(22-25-11-14-27(39)15-12-25)32(40)36-28(16-13-24-8-4-3-5-9-24)30(46)23-47(43,44)31-10-6-7-19-35-31/h3-12,14-15,19,26,28-30,39,46H,2,13,16-18,20-23H2,1H3,(H,36,40)(H,37,42)/t28-,29-,30+/m0/s1. The number of nitrogens with zero attached hydrogens (tertiary/aromatic N) is 2. The number of benzene rings is 2. The predicted molar refractivity (Wildman–Crippen MR) is 181 cm³/mol. The first-order valence-electron chi connectivity index (χ1n) is 15.7. The Bertz CT molecular complexity index is 1570. The van der Waals surface area contributed by atoms with Gasteiger partial charge in [0.05, 0.1) is 18.3 Å². The maximum absolute atomic E-state index is 14.0. The second-order valence-electron chi connectivity index (χ2n) is 11.5. The number of carbonyl (C=O) groups excluding carboxylic acids is 3. The van der Waals surface area contributed by atoms with Crippen LogP contribution >= 0.6 is 12.6 Å². The SMILES string of the molecule is CCOC(=O)C1CCN(C(=O)N[C@@H](Cc2ccc(O)cc2)C(=O)N[C@@H](CCc2ccccc2)[C@H](S)CS(=O)(=O)c2ccccn2)CC1. The highest BCUT2D eigenvalue weighted by Crippen LogP contribution is 2.21. The molecule has 0 bridgehead atoms. The highest BCUT2D eigenvalue weighted by Gasteiger charge is 2.33. The molecule has 3 aromatic rings. The van der Waals surface area contributed by atoms with E-state index in [-0.39, 0.29) is 34.8 Å². The molecule has 0 saturated carbocycles. The molecule has 1 fully saturated rings. The third-order valence-corrected chi connectivity index (χ3v) is 10.6. The molecule has 1 aliphatic rings. The van der Waals surface area contributed by atoms with Crippen LogP contribution in [0.1, 0.15) is 37.3 Å². The summed E-state index contributed by atoms with van der Waals surface area (Å²) < 4.78 is 31.5. The number of hydrogen-bond donors (Lipinski definition) is 4. The van der Waals surface area contributed by atoms with E-state index in [2.05, 4.69) is 28.2 Å². The van der Waals surface area contributed by atoms with Gasteiger partial charge in [-0.25, -0.2) is 18.2 Å². The summed E-state index contributed by atoms with van der Waals surface area (Å²) in [5, 5.41) is 14.8. The average molecular weight is 683 g/mol. The second-order valence-corrected chi connectivity index (χ2v) is 14.2. The Morgan fingerprint density at radius 1 is 0.979 bits per heavy atom. The fourth-order valence-electron chi connectivity index (χ4n) is 5.46. The molecule has 2 aromatic carbocycles. The number of piperidine rings is 1. The molecule has 1 aromatic heterocycles. The molecule has 3 N–H and O–H groups in total. The number of carbonyl (C=O) groups is 3. The molecule has 0 radical (unpaired) electrons. The second kappa shape index (κ2) is 17.2. The third kappa shape index (κ3) is 10.7. The molecular weight excluding hydrogens is 641 g/mol. The molecule has 1 aliphatic heterocycles. The number of phenolic OH excluding ortho intramolecular Hbond substituents is 1. The third-order valence-electron chi connectivity index (χ3n) is 8.12. The highest BCUT2D eigenvalue weighted by atomic mass is 32.2. The fraction of sp³-hybridized carbons (Fsp3) is 0.412. The molecule has 2 heterocycles. The van der Waals surface area contributed by atoms with Crippen molar-refractivity contribution in [1.82, 2.24) is 20.5 Å². The number of aromatic hydroxyl groups is 1. The van der Waals surface area contributed by atoms with Gasteiger partial charge in [-0.1, -0.05) is 48.5 Å². The summed E-state index contributed by atoms with van der Waals surface area (Å²) in [5.41, 5.74) is 1.71. The molecule has 47 heavy (non-hydrogen) atoms. The molecule has 4 rings (SSSR count). The van der Waals surface area contributed by atoms with Gasteiger partial charge in [-0.05, 0) is 68.0 Å². The van der Waals surface area contributed by atoms with Crippen molar-refractivity contribution in [3.05, 3.63) is 90.1 Å². The van der Waals surface area contributed by atoms with Crippen LogP contribution in [-0.2, 0) is 37.0 Å². The molecule has 3 amide bonds. The number of ether oxygens (including phenoxy) is 1. The van der Waals surface area contributed by atoms with E-state index in [1.807, 2.05) is 30.3 Å². The van der Waals surface area contributed by atoms with Crippen LogP contribution in [0.25, 0.3) is 0 Å². The molecule has 0 spiro atoms. The van der Waals surface area contributed by atoms with Crippen LogP contribution in [0.15, 0.2) is 84.0 Å². The van der Waals surface area contributed by atoms with Gasteiger partial charge >= 0.3 is 12.0 Å². The van der Waals surface area contributed by atoms with Crippen LogP contribution in [0.3, 0.4) is 0 Å². The Morgan fingerprint density at radius 2 is 1.66 bits per heavy atom. The number of phenols is 1. The lowest BCUT2D eigenvalue weighted by Crippen LogP contribution is -2.56. The van der Waals surface area contributed by atoms with E-state index in [1.54, 1.807) is 36.1 Å². The van der Waals surface area contributed by atoms with E-state index in [0.717, 1.165) is 5.56 Å². The molecule has 11 nitrogen and oxygen atoms in total. The van der Waals surface area contributed by atoms with Crippen LogP contribution in [0, 0.1) is 5.92 Å². The van der Waals surface area contributed by atoms with Crippen molar-refractivity contribution in [3.63, 3.8) is 0 Å². The smallest absolute Gasteiger partial charge is 0.318 e. The fourth-order valence-corrected chi connectivity index (χ4v) is 7.64.